The van der Waals surface area contributed by atoms with E-state index in [1.807, 2.05) is 13.8 Å². The predicted molar refractivity (Wildman–Crippen MR) is 42.7 cm³/mol. The summed E-state index contributed by atoms with van der Waals surface area (Å²) in [6.07, 6.45) is 2.48. The first-order valence-corrected chi connectivity index (χ1v) is 3.90. The highest BCUT2D eigenvalue weighted by atomic mass is 16.5. The third-order valence-corrected chi connectivity index (χ3v) is 1.51. The molecule has 0 aromatic rings. The van der Waals surface area contributed by atoms with Gasteiger partial charge in [0.1, 0.15) is 0 Å². The van der Waals surface area contributed by atoms with E-state index >= 15 is 0 Å². The van der Waals surface area contributed by atoms with Crippen LogP contribution in [-0.4, -0.2) is 24.8 Å². The Morgan fingerprint density at radius 1 is 1.73 bits per heavy atom. The second kappa shape index (κ2) is 3.51. The topological polar surface area (TPSA) is 38.7 Å². The summed E-state index contributed by atoms with van der Waals surface area (Å²) in [5, 5.41) is 0. The van der Waals surface area contributed by atoms with Crippen molar-refractivity contribution in [1.29, 1.82) is 0 Å². The van der Waals surface area contributed by atoms with Gasteiger partial charge < -0.3 is 4.74 Å². The number of esters is 1. The summed E-state index contributed by atoms with van der Waals surface area (Å²) in [7, 11) is 0. The molecule has 0 spiro atoms. The van der Waals surface area contributed by atoms with E-state index in [-0.39, 0.29) is 18.0 Å². The van der Waals surface area contributed by atoms with Crippen LogP contribution in [0.1, 0.15) is 20.3 Å². The summed E-state index contributed by atoms with van der Waals surface area (Å²) in [5.41, 5.74) is 0. The van der Waals surface area contributed by atoms with Crippen LogP contribution < -0.4 is 0 Å². The van der Waals surface area contributed by atoms with Crippen LogP contribution in [0.25, 0.3) is 0 Å². The van der Waals surface area contributed by atoms with Gasteiger partial charge >= 0.3 is 5.97 Å². The monoisotopic (exact) mass is 155 g/mol. The first-order valence-electron chi connectivity index (χ1n) is 3.90. The van der Waals surface area contributed by atoms with E-state index < -0.39 is 0 Å². The molecule has 0 saturated carbocycles. The molecule has 0 N–H and O–H groups in total. The summed E-state index contributed by atoms with van der Waals surface area (Å²) in [4.78, 5) is 15.1. The van der Waals surface area contributed by atoms with Crippen molar-refractivity contribution in [2.24, 2.45) is 10.9 Å². The average molecular weight is 155 g/mol. The van der Waals surface area contributed by atoms with Crippen molar-refractivity contribution in [1.82, 2.24) is 0 Å². The maximum Gasteiger partial charge on any atom is 0.314 e. The van der Waals surface area contributed by atoms with Crippen molar-refractivity contribution in [2.75, 3.05) is 6.54 Å². The molecular weight excluding hydrogens is 142 g/mol. The Balaban J connectivity index is 2.35. The zero-order chi connectivity index (χ0) is 8.27. The summed E-state index contributed by atoms with van der Waals surface area (Å²) in [6.45, 7) is 4.46. The number of hydrogen-bond acceptors (Lipinski definition) is 3. The van der Waals surface area contributed by atoms with Crippen molar-refractivity contribution in [3.8, 4) is 0 Å². The molecule has 0 aromatic carbocycles. The predicted octanol–water partition coefficient (Wildman–Crippen LogP) is 1.03. The van der Waals surface area contributed by atoms with Crippen molar-refractivity contribution in [2.45, 2.75) is 26.4 Å². The first-order chi connectivity index (χ1) is 5.20. The molecule has 0 amide bonds. The van der Waals surface area contributed by atoms with Crippen LogP contribution in [0.2, 0.25) is 0 Å². The van der Waals surface area contributed by atoms with Crippen LogP contribution in [0.5, 0.6) is 0 Å². The standard InChI is InChI=1S/C8H13NO2/c1-6(2)11-8(10)7-3-4-9-5-7/h5-7H,3-4H2,1-2H3. The van der Waals surface area contributed by atoms with Crippen molar-refractivity contribution >= 4 is 12.2 Å². The summed E-state index contributed by atoms with van der Waals surface area (Å²) in [6, 6.07) is 0. The Morgan fingerprint density at radius 2 is 2.45 bits per heavy atom. The van der Waals surface area contributed by atoms with Crippen LogP contribution in [0.15, 0.2) is 4.99 Å². The number of nitrogens with zero attached hydrogens (tertiary/aromatic N) is 1. The molecule has 0 saturated heterocycles. The number of aliphatic imine (C=N–C) groups is 1. The van der Waals surface area contributed by atoms with Crippen molar-refractivity contribution in [3.05, 3.63) is 0 Å². The number of carbonyl (C=O) groups is 1. The zero-order valence-corrected chi connectivity index (χ0v) is 6.91. The number of carbonyl (C=O) groups excluding carboxylic acids is 1. The van der Waals surface area contributed by atoms with Gasteiger partial charge in [0.15, 0.2) is 0 Å². The Labute approximate surface area is 66.5 Å². The van der Waals surface area contributed by atoms with E-state index in [1.165, 1.54) is 0 Å². The van der Waals surface area contributed by atoms with Crippen LogP contribution in [0, 0.1) is 5.92 Å². The molecule has 0 bridgehead atoms. The third kappa shape index (κ3) is 2.33. The van der Waals surface area contributed by atoms with E-state index in [1.54, 1.807) is 6.21 Å². The molecule has 0 aliphatic carbocycles. The molecule has 11 heavy (non-hydrogen) atoms. The summed E-state index contributed by atoms with van der Waals surface area (Å²) in [5.74, 6) is -0.223. The van der Waals surface area contributed by atoms with Gasteiger partial charge in [-0.2, -0.15) is 0 Å². The molecule has 0 radical (unpaired) electrons. The van der Waals surface area contributed by atoms with E-state index in [0.717, 1.165) is 13.0 Å². The number of ether oxygens (including phenoxy) is 1. The second-order valence-electron chi connectivity index (χ2n) is 2.94. The maximum atomic E-state index is 11.1. The Morgan fingerprint density at radius 3 is 2.91 bits per heavy atom. The van der Waals surface area contributed by atoms with Crippen LogP contribution in [-0.2, 0) is 9.53 Å². The Kier molecular flexibility index (Phi) is 2.63. The maximum absolute atomic E-state index is 11.1. The van der Waals surface area contributed by atoms with Gasteiger partial charge in [-0.05, 0) is 20.3 Å². The lowest BCUT2D eigenvalue weighted by Crippen LogP contribution is -2.20. The minimum atomic E-state index is -0.138. The summed E-state index contributed by atoms with van der Waals surface area (Å²) < 4.78 is 5.00. The summed E-state index contributed by atoms with van der Waals surface area (Å²) >= 11 is 0. The van der Waals surface area contributed by atoms with E-state index in [9.17, 15) is 4.79 Å². The smallest absolute Gasteiger partial charge is 0.314 e. The molecule has 3 nitrogen and oxygen atoms in total. The Bertz CT molecular complexity index is 175. The average Bonchev–Trinajstić information content (AvgIpc) is 2.35. The van der Waals surface area contributed by atoms with Gasteiger partial charge in [0.2, 0.25) is 0 Å². The van der Waals surface area contributed by atoms with Gasteiger partial charge in [0, 0.05) is 12.8 Å². The lowest BCUT2D eigenvalue weighted by Gasteiger charge is -2.09. The molecule has 1 heterocycles. The SMILES string of the molecule is CC(C)OC(=O)C1C=NCC1. The molecule has 1 rings (SSSR count). The van der Waals surface area contributed by atoms with Crippen LogP contribution in [0.3, 0.4) is 0 Å². The van der Waals surface area contributed by atoms with Gasteiger partial charge in [0.25, 0.3) is 0 Å². The fourth-order valence-corrected chi connectivity index (χ4v) is 0.988. The number of hydrogen-bond donors (Lipinski definition) is 0. The van der Waals surface area contributed by atoms with Crippen LogP contribution >= 0.6 is 0 Å². The fraction of sp³-hybridized carbons (Fsp3) is 0.750. The van der Waals surface area contributed by atoms with E-state index in [4.69, 9.17) is 4.74 Å². The highest BCUT2D eigenvalue weighted by Crippen LogP contribution is 2.10. The van der Waals surface area contributed by atoms with Gasteiger partial charge in [-0.1, -0.05) is 0 Å². The molecule has 1 atom stereocenters. The van der Waals surface area contributed by atoms with Gasteiger partial charge in [-0.25, -0.2) is 0 Å². The van der Waals surface area contributed by atoms with Gasteiger partial charge in [-0.15, -0.1) is 0 Å². The Hall–Kier alpha value is -0.860. The molecule has 3 heteroatoms. The minimum absolute atomic E-state index is 0.0171. The molecule has 1 unspecified atom stereocenters. The molecule has 1 aliphatic rings. The highest BCUT2D eigenvalue weighted by Gasteiger charge is 2.21. The molecule has 0 aromatic heterocycles. The van der Waals surface area contributed by atoms with Gasteiger partial charge in [-0.3, -0.25) is 9.79 Å². The zero-order valence-electron chi connectivity index (χ0n) is 6.91. The van der Waals surface area contributed by atoms with Gasteiger partial charge in [0.05, 0.1) is 12.0 Å². The normalized spacial score (nSPS) is 22.6. The lowest BCUT2D eigenvalue weighted by atomic mass is 10.1. The highest BCUT2D eigenvalue weighted by molar-refractivity contribution is 5.90. The van der Waals surface area contributed by atoms with Crippen molar-refractivity contribution < 1.29 is 9.53 Å². The lowest BCUT2D eigenvalue weighted by molar-refractivity contribution is -0.149. The second-order valence-corrected chi connectivity index (χ2v) is 2.94. The molecular formula is C8H13NO2. The van der Waals surface area contributed by atoms with E-state index in [2.05, 4.69) is 4.99 Å². The quantitative estimate of drug-likeness (QED) is 0.558. The molecule has 0 fully saturated rings. The van der Waals surface area contributed by atoms with Crippen LogP contribution in [0.4, 0.5) is 0 Å². The largest absolute Gasteiger partial charge is 0.462 e. The van der Waals surface area contributed by atoms with E-state index in [0.29, 0.717) is 0 Å². The van der Waals surface area contributed by atoms with Crippen molar-refractivity contribution in [3.63, 3.8) is 0 Å². The first kappa shape index (κ1) is 8.24. The molecule has 1 aliphatic heterocycles. The number of rotatable bonds is 2. The fourth-order valence-electron chi connectivity index (χ4n) is 0.988. The minimum Gasteiger partial charge on any atom is -0.462 e. The third-order valence-electron chi connectivity index (χ3n) is 1.51. The molecule has 62 valence electrons.